The van der Waals surface area contributed by atoms with E-state index in [-0.39, 0.29) is 11.8 Å². The summed E-state index contributed by atoms with van der Waals surface area (Å²) in [5.74, 6) is 0.480. The lowest BCUT2D eigenvalue weighted by Crippen LogP contribution is -2.53. The fourth-order valence-electron chi connectivity index (χ4n) is 3.01. The fraction of sp³-hybridized carbons (Fsp3) is 0.273. The van der Waals surface area contributed by atoms with E-state index < -0.39 is 6.10 Å². The minimum atomic E-state index is -0.596. The number of hydrogen-bond donors (Lipinski definition) is 0. The third-order valence-corrected chi connectivity index (χ3v) is 4.85. The van der Waals surface area contributed by atoms with Crippen LogP contribution in [0.4, 0.5) is 0 Å². The molecule has 1 atom stereocenters. The van der Waals surface area contributed by atoms with Crippen LogP contribution in [0.3, 0.4) is 0 Å². The van der Waals surface area contributed by atoms with Crippen molar-refractivity contribution in [3.63, 3.8) is 0 Å². The highest BCUT2D eigenvalue weighted by Gasteiger charge is 2.27. The van der Waals surface area contributed by atoms with E-state index in [1.54, 1.807) is 47.1 Å². The van der Waals surface area contributed by atoms with Crippen LogP contribution in [0.15, 0.2) is 60.7 Å². The molecule has 1 aliphatic heterocycles. The molecule has 0 radical (unpaired) electrons. The van der Waals surface area contributed by atoms with Crippen LogP contribution in [-0.2, 0) is 9.59 Å². The molecule has 1 heterocycles. The molecule has 28 heavy (non-hydrogen) atoms. The number of rotatable bonds is 5. The Balaban J connectivity index is 1.48. The average molecular weight is 399 g/mol. The molecule has 146 valence electrons. The van der Waals surface area contributed by atoms with Gasteiger partial charge in [-0.25, -0.2) is 0 Å². The zero-order valence-electron chi connectivity index (χ0n) is 15.8. The van der Waals surface area contributed by atoms with E-state index in [1.165, 1.54) is 0 Å². The summed E-state index contributed by atoms with van der Waals surface area (Å²) in [7, 11) is 0. The van der Waals surface area contributed by atoms with E-state index in [2.05, 4.69) is 0 Å². The Bertz CT molecular complexity index is 829. The minimum absolute atomic E-state index is 0.0404. The van der Waals surface area contributed by atoms with E-state index in [9.17, 15) is 9.59 Å². The van der Waals surface area contributed by atoms with Crippen molar-refractivity contribution in [2.45, 2.75) is 13.0 Å². The van der Waals surface area contributed by atoms with Gasteiger partial charge in [0.15, 0.2) is 6.10 Å². The summed E-state index contributed by atoms with van der Waals surface area (Å²) in [6, 6.07) is 16.6. The Kier molecular flexibility index (Phi) is 6.71. The number of hydrogen-bond acceptors (Lipinski definition) is 3. The smallest absolute Gasteiger partial charge is 0.263 e. The van der Waals surface area contributed by atoms with Gasteiger partial charge in [-0.1, -0.05) is 41.9 Å². The quantitative estimate of drug-likeness (QED) is 0.724. The Morgan fingerprint density at radius 3 is 2.21 bits per heavy atom. The molecule has 1 saturated heterocycles. The van der Waals surface area contributed by atoms with Gasteiger partial charge in [0, 0.05) is 37.3 Å². The highest BCUT2D eigenvalue weighted by molar-refractivity contribution is 6.30. The molecule has 3 rings (SSSR count). The lowest BCUT2D eigenvalue weighted by molar-refractivity contribution is -0.142. The van der Waals surface area contributed by atoms with Crippen LogP contribution in [0.5, 0.6) is 5.75 Å². The first kappa shape index (κ1) is 20.0. The summed E-state index contributed by atoms with van der Waals surface area (Å²) in [6.45, 7) is 3.75. The van der Waals surface area contributed by atoms with Crippen molar-refractivity contribution in [2.75, 3.05) is 26.2 Å². The van der Waals surface area contributed by atoms with Crippen molar-refractivity contribution < 1.29 is 14.3 Å². The Hall–Kier alpha value is -2.79. The monoisotopic (exact) mass is 398 g/mol. The molecule has 5 nitrogen and oxygen atoms in total. The lowest BCUT2D eigenvalue weighted by atomic mass is 10.2. The van der Waals surface area contributed by atoms with Gasteiger partial charge in [-0.2, -0.15) is 0 Å². The largest absolute Gasteiger partial charge is 0.481 e. The molecule has 2 aromatic rings. The van der Waals surface area contributed by atoms with Gasteiger partial charge in [-0.3, -0.25) is 9.59 Å². The van der Waals surface area contributed by atoms with E-state index >= 15 is 0 Å². The van der Waals surface area contributed by atoms with E-state index in [1.807, 2.05) is 36.4 Å². The van der Waals surface area contributed by atoms with E-state index in [0.29, 0.717) is 37.0 Å². The van der Waals surface area contributed by atoms with Crippen molar-refractivity contribution >= 4 is 29.5 Å². The van der Waals surface area contributed by atoms with Crippen LogP contribution < -0.4 is 4.74 Å². The Labute approximate surface area is 170 Å². The number of halogens is 1. The molecular weight excluding hydrogens is 376 g/mol. The Morgan fingerprint density at radius 2 is 1.57 bits per heavy atom. The molecular formula is C22H23ClN2O3. The maximum absolute atomic E-state index is 12.6. The summed E-state index contributed by atoms with van der Waals surface area (Å²) in [5, 5.41) is 0.619. The van der Waals surface area contributed by atoms with Gasteiger partial charge in [0.2, 0.25) is 5.91 Å². The fourth-order valence-corrected chi connectivity index (χ4v) is 3.14. The van der Waals surface area contributed by atoms with Gasteiger partial charge in [-0.05, 0) is 42.8 Å². The number of carbonyl (C=O) groups is 2. The molecule has 2 amide bonds. The topological polar surface area (TPSA) is 49.9 Å². The van der Waals surface area contributed by atoms with Crippen LogP contribution in [-0.4, -0.2) is 53.9 Å². The highest BCUT2D eigenvalue weighted by atomic mass is 35.5. The third-order valence-electron chi connectivity index (χ3n) is 4.60. The number of nitrogens with zero attached hydrogens (tertiary/aromatic N) is 2. The SMILES string of the molecule is CC(Oc1ccc(Cl)cc1)C(=O)N1CCN(C(=O)/C=C/c2ccccc2)CC1. The molecule has 2 aromatic carbocycles. The number of carbonyl (C=O) groups excluding carboxylic acids is 2. The highest BCUT2D eigenvalue weighted by Crippen LogP contribution is 2.18. The second-order valence-corrected chi connectivity index (χ2v) is 7.05. The summed E-state index contributed by atoms with van der Waals surface area (Å²) < 4.78 is 5.70. The van der Waals surface area contributed by atoms with E-state index in [0.717, 1.165) is 5.56 Å². The van der Waals surface area contributed by atoms with Crippen LogP contribution >= 0.6 is 11.6 Å². The predicted octanol–water partition coefficient (Wildman–Crippen LogP) is 3.49. The van der Waals surface area contributed by atoms with Crippen LogP contribution in [0.25, 0.3) is 6.08 Å². The van der Waals surface area contributed by atoms with Gasteiger partial charge < -0.3 is 14.5 Å². The van der Waals surface area contributed by atoms with Gasteiger partial charge in [0.25, 0.3) is 5.91 Å². The number of benzene rings is 2. The zero-order valence-corrected chi connectivity index (χ0v) is 16.5. The molecule has 1 fully saturated rings. The third kappa shape index (κ3) is 5.36. The molecule has 0 saturated carbocycles. The summed E-state index contributed by atoms with van der Waals surface area (Å²) in [6.07, 6.45) is 2.79. The first-order valence-corrected chi connectivity index (χ1v) is 9.64. The maximum atomic E-state index is 12.6. The molecule has 1 aliphatic rings. The van der Waals surface area contributed by atoms with Crippen molar-refractivity contribution in [1.82, 2.24) is 9.80 Å². The van der Waals surface area contributed by atoms with Gasteiger partial charge >= 0.3 is 0 Å². The maximum Gasteiger partial charge on any atom is 0.263 e. The standard InChI is InChI=1S/C22H23ClN2O3/c1-17(28-20-10-8-19(23)9-11-20)22(27)25-15-13-24(14-16-25)21(26)12-7-18-5-3-2-4-6-18/h2-12,17H,13-16H2,1H3/b12-7+. The van der Waals surface area contributed by atoms with Gasteiger partial charge in [0.1, 0.15) is 5.75 Å². The normalized spacial score (nSPS) is 15.5. The predicted molar refractivity (Wildman–Crippen MR) is 110 cm³/mol. The summed E-state index contributed by atoms with van der Waals surface area (Å²) in [4.78, 5) is 28.5. The molecule has 6 heteroatoms. The van der Waals surface area contributed by atoms with Gasteiger partial charge in [-0.15, -0.1) is 0 Å². The minimum Gasteiger partial charge on any atom is -0.481 e. The summed E-state index contributed by atoms with van der Waals surface area (Å²) in [5.41, 5.74) is 0.984. The molecule has 0 N–H and O–H groups in total. The Morgan fingerprint density at radius 1 is 0.964 bits per heavy atom. The average Bonchev–Trinajstić information content (AvgIpc) is 2.74. The number of ether oxygens (including phenoxy) is 1. The second kappa shape index (κ2) is 9.42. The van der Waals surface area contributed by atoms with Crippen LogP contribution in [0.2, 0.25) is 5.02 Å². The zero-order chi connectivity index (χ0) is 19.9. The molecule has 0 spiro atoms. The van der Waals surface area contributed by atoms with Crippen LogP contribution in [0.1, 0.15) is 12.5 Å². The summed E-state index contributed by atoms with van der Waals surface area (Å²) >= 11 is 5.86. The molecule has 0 aliphatic carbocycles. The van der Waals surface area contributed by atoms with Crippen molar-refractivity contribution in [3.05, 3.63) is 71.3 Å². The van der Waals surface area contributed by atoms with E-state index in [4.69, 9.17) is 16.3 Å². The second-order valence-electron chi connectivity index (χ2n) is 6.61. The van der Waals surface area contributed by atoms with Crippen LogP contribution in [0, 0.1) is 0 Å². The van der Waals surface area contributed by atoms with Crippen molar-refractivity contribution in [1.29, 1.82) is 0 Å². The lowest BCUT2D eigenvalue weighted by Gasteiger charge is -2.35. The first-order chi connectivity index (χ1) is 13.5. The molecule has 1 unspecified atom stereocenters. The van der Waals surface area contributed by atoms with Crippen molar-refractivity contribution in [2.24, 2.45) is 0 Å². The van der Waals surface area contributed by atoms with Gasteiger partial charge in [0.05, 0.1) is 0 Å². The molecule has 0 bridgehead atoms. The number of piperazine rings is 1. The molecule has 0 aromatic heterocycles. The number of amides is 2. The van der Waals surface area contributed by atoms with Crippen molar-refractivity contribution in [3.8, 4) is 5.75 Å². The first-order valence-electron chi connectivity index (χ1n) is 9.26.